The van der Waals surface area contributed by atoms with Gasteiger partial charge in [0.15, 0.2) is 11.5 Å². The van der Waals surface area contributed by atoms with Crippen molar-refractivity contribution in [2.75, 3.05) is 19.8 Å². The molecule has 1 atom stereocenters. The number of amides is 2. The smallest absolute Gasteiger partial charge is 0.242 e. The Morgan fingerprint density at radius 1 is 1.00 bits per heavy atom. The van der Waals surface area contributed by atoms with Crippen LogP contribution in [0, 0.1) is 6.92 Å². The maximum atomic E-state index is 13.3. The minimum absolute atomic E-state index is 0.0337. The molecule has 0 saturated carbocycles. The molecule has 1 aliphatic rings. The highest BCUT2D eigenvalue weighted by Crippen LogP contribution is 2.31. The van der Waals surface area contributed by atoms with Gasteiger partial charge in [0.25, 0.3) is 0 Å². The summed E-state index contributed by atoms with van der Waals surface area (Å²) in [6, 6.07) is 13.4. The van der Waals surface area contributed by atoms with Crippen molar-refractivity contribution < 1.29 is 19.1 Å². The maximum Gasteiger partial charge on any atom is 0.242 e. The normalized spacial score (nSPS) is 13.4. The Morgan fingerprint density at radius 3 is 2.35 bits per heavy atom. The van der Waals surface area contributed by atoms with Gasteiger partial charge in [-0.1, -0.05) is 42.8 Å². The van der Waals surface area contributed by atoms with Crippen molar-refractivity contribution in [2.24, 2.45) is 0 Å². The van der Waals surface area contributed by atoms with E-state index in [-0.39, 0.29) is 11.8 Å². The summed E-state index contributed by atoms with van der Waals surface area (Å²) in [5.74, 6) is 1.32. The first-order chi connectivity index (χ1) is 15.0. The van der Waals surface area contributed by atoms with Crippen LogP contribution in [0.25, 0.3) is 0 Å². The van der Waals surface area contributed by atoms with Crippen LogP contribution in [-0.2, 0) is 22.6 Å². The van der Waals surface area contributed by atoms with Crippen LogP contribution >= 0.6 is 0 Å². The second-order valence-corrected chi connectivity index (χ2v) is 7.80. The van der Waals surface area contributed by atoms with Crippen LogP contribution in [-0.4, -0.2) is 42.5 Å². The molecule has 0 radical (unpaired) electrons. The third kappa shape index (κ3) is 6.00. The fraction of sp³-hybridized carbons (Fsp3) is 0.440. The number of hydrogen-bond donors (Lipinski definition) is 1. The lowest BCUT2D eigenvalue weighted by Gasteiger charge is -2.30. The molecule has 0 aliphatic carbocycles. The first kappa shape index (κ1) is 22.7. The van der Waals surface area contributed by atoms with Gasteiger partial charge in [-0.05, 0) is 49.9 Å². The van der Waals surface area contributed by atoms with E-state index in [1.807, 2.05) is 63.2 Å². The molecule has 0 unspecified atom stereocenters. The Labute approximate surface area is 184 Å². The molecule has 0 bridgehead atoms. The van der Waals surface area contributed by atoms with Crippen molar-refractivity contribution in [3.63, 3.8) is 0 Å². The van der Waals surface area contributed by atoms with Gasteiger partial charge in [-0.25, -0.2) is 0 Å². The quantitative estimate of drug-likeness (QED) is 0.667. The minimum Gasteiger partial charge on any atom is -0.486 e. The predicted molar refractivity (Wildman–Crippen MR) is 120 cm³/mol. The van der Waals surface area contributed by atoms with Crippen molar-refractivity contribution in [1.29, 1.82) is 0 Å². The maximum absolute atomic E-state index is 13.3. The van der Waals surface area contributed by atoms with E-state index in [9.17, 15) is 9.59 Å². The highest BCUT2D eigenvalue weighted by molar-refractivity contribution is 5.87. The van der Waals surface area contributed by atoms with Crippen LogP contribution in [0.5, 0.6) is 11.5 Å². The van der Waals surface area contributed by atoms with Gasteiger partial charge in [0.05, 0.1) is 0 Å². The van der Waals surface area contributed by atoms with Crippen LogP contribution < -0.4 is 14.8 Å². The Balaban J connectivity index is 1.74. The molecular weight excluding hydrogens is 392 g/mol. The molecular formula is C25H32N2O4. The molecule has 6 nitrogen and oxygen atoms in total. The average Bonchev–Trinajstić information content (AvgIpc) is 2.78. The van der Waals surface area contributed by atoms with Crippen LogP contribution in [0.2, 0.25) is 0 Å². The summed E-state index contributed by atoms with van der Waals surface area (Å²) in [5, 5.41) is 2.87. The third-order valence-electron chi connectivity index (χ3n) is 5.44. The summed E-state index contributed by atoms with van der Waals surface area (Å²) in [6.45, 7) is 7.90. The van der Waals surface area contributed by atoms with Gasteiger partial charge in [-0.3, -0.25) is 9.59 Å². The van der Waals surface area contributed by atoms with E-state index in [0.717, 1.165) is 28.2 Å². The van der Waals surface area contributed by atoms with E-state index in [4.69, 9.17) is 9.47 Å². The standard InChI is InChI=1S/C25H32N2O4/c1-4-21(25(29)26-5-2)27(17-20-8-6-18(3)7-9-20)24(28)13-11-19-10-12-22-23(16-19)31-15-14-30-22/h6-10,12,16,21H,4-5,11,13-15,17H2,1-3H3,(H,26,29)/t21-/m1/s1. The van der Waals surface area contributed by atoms with Crippen molar-refractivity contribution in [3.8, 4) is 11.5 Å². The highest BCUT2D eigenvalue weighted by atomic mass is 16.6. The number of fused-ring (bicyclic) bond motifs is 1. The van der Waals surface area contributed by atoms with E-state index in [0.29, 0.717) is 45.6 Å². The number of nitrogens with zero attached hydrogens (tertiary/aromatic N) is 1. The first-order valence-electron chi connectivity index (χ1n) is 11.0. The highest BCUT2D eigenvalue weighted by Gasteiger charge is 2.28. The number of ether oxygens (including phenoxy) is 2. The van der Waals surface area contributed by atoms with E-state index in [1.54, 1.807) is 4.90 Å². The van der Waals surface area contributed by atoms with Gasteiger partial charge in [0.1, 0.15) is 19.3 Å². The largest absolute Gasteiger partial charge is 0.486 e. The molecule has 2 aromatic carbocycles. The number of rotatable bonds is 9. The summed E-state index contributed by atoms with van der Waals surface area (Å²) >= 11 is 0. The van der Waals surface area contributed by atoms with Crippen LogP contribution in [0.1, 0.15) is 43.4 Å². The number of likely N-dealkylation sites (N-methyl/N-ethyl adjacent to an activating group) is 1. The van der Waals surface area contributed by atoms with E-state index in [1.165, 1.54) is 0 Å². The molecule has 1 heterocycles. The number of carbonyl (C=O) groups excluding carboxylic acids is 2. The minimum atomic E-state index is -0.492. The topological polar surface area (TPSA) is 67.9 Å². The van der Waals surface area contributed by atoms with Crippen molar-refractivity contribution in [2.45, 2.75) is 52.6 Å². The Morgan fingerprint density at radius 2 is 1.68 bits per heavy atom. The van der Waals surface area contributed by atoms with Crippen molar-refractivity contribution >= 4 is 11.8 Å². The van der Waals surface area contributed by atoms with E-state index < -0.39 is 6.04 Å². The van der Waals surface area contributed by atoms with Gasteiger partial charge in [0.2, 0.25) is 11.8 Å². The zero-order chi connectivity index (χ0) is 22.2. The summed E-state index contributed by atoms with van der Waals surface area (Å²) < 4.78 is 11.2. The van der Waals surface area contributed by atoms with Gasteiger partial charge in [-0.2, -0.15) is 0 Å². The molecule has 166 valence electrons. The van der Waals surface area contributed by atoms with Crippen molar-refractivity contribution in [3.05, 3.63) is 59.2 Å². The van der Waals surface area contributed by atoms with Crippen molar-refractivity contribution in [1.82, 2.24) is 10.2 Å². The second kappa shape index (κ2) is 10.8. The molecule has 1 aliphatic heterocycles. The molecule has 2 aromatic rings. The molecule has 2 amide bonds. The zero-order valence-electron chi connectivity index (χ0n) is 18.6. The number of carbonyl (C=O) groups is 2. The molecule has 0 saturated heterocycles. The molecule has 3 rings (SSSR count). The lowest BCUT2D eigenvalue weighted by molar-refractivity contribution is -0.141. The molecule has 1 N–H and O–H groups in total. The summed E-state index contributed by atoms with van der Waals surface area (Å²) in [7, 11) is 0. The third-order valence-corrected chi connectivity index (χ3v) is 5.44. The SMILES string of the molecule is CCNC(=O)[C@@H](CC)N(Cc1ccc(C)cc1)C(=O)CCc1ccc2c(c1)OCCO2. The van der Waals surface area contributed by atoms with Gasteiger partial charge in [0, 0.05) is 19.5 Å². The van der Waals surface area contributed by atoms with Crippen LogP contribution in [0.4, 0.5) is 0 Å². The fourth-order valence-electron chi connectivity index (χ4n) is 3.74. The predicted octanol–water partition coefficient (Wildman–Crippen LogP) is 3.64. The molecule has 6 heteroatoms. The monoisotopic (exact) mass is 424 g/mol. The number of nitrogens with one attached hydrogen (secondary N) is 1. The Bertz CT molecular complexity index is 895. The fourth-order valence-corrected chi connectivity index (χ4v) is 3.74. The Kier molecular flexibility index (Phi) is 7.93. The lowest BCUT2D eigenvalue weighted by Crippen LogP contribution is -2.49. The second-order valence-electron chi connectivity index (χ2n) is 7.80. The Hall–Kier alpha value is -3.02. The van der Waals surface area contributed by atoms with Crippen LogP contribution in [0.15, 0.2) is 42.5 Å². The molecule has 0 spiro atoms. The summed E-state index contributed by atoms with van der Waals surface area (Å²) in [6.07, 6.45) is 1.46. The summed E-state index contributed by atoms with van der Waals surface area (Å²) in [5.41, 5.74) is 3.19. The van der Waals surface area contributed by atoms with E-state index in [2.05, 4.69) is 5.32 Å². The van der Waals surface area contributed by atoms with Crippen LogP contribution in [0.3, 0.4) is 0 Å². The van der Waals surface area contributed by atoms with E-state index >= 15 is 0 Å². The number of aryl methyl sites for hydroxylation is 2. The van der Waals surface area contributed by atoms with Gasteiger partial charge < -0.3 is 19.7 Å². The van der Waals surface area contributed by atoms with Gasteiger partial charge >= 0.3 is 0 Å². The number of hydrogen-bond acceptors (Lipinski definition) is 4. The van der Waals surface area contributed by atoms with Gasteiger partial charge in [-0.15, -0.1) is 0 Å². The molecule has 0 aromatic heterocycles. The lowest BCUT2D eigenvalue weighted by atomic mass is 10.0. The zero-order valence-corrected chi connectivity index (χ0v) is 18.6. The molecule has 31 heavy (non-hydrogen) atoms. The number of benzene rings is 2. The summed E-state index contributed by atoms with van der Waals surface area (Å²) in [4.78, 5) is 27.7. The first-order valence-corrected chi connectivity index (χ1v) is 11.0. The average molecular weight is 425 g/mol. The molecule has 0 fully saturated rings.